The van der Waals surface area contributed by atoms with Crippen LogP contribution in [-0.2, 0) is 19.0 Å². The minimum atomic E-state index is -1.02. The third kappa shape index (κ3) is 5.42. The Kier molecular flexibility index (Phi) is 6.95. The van der Waals surface area contributed by atoms with Gasteiger partial charge in [0, 0.05) is 16.4 Å². The fourth-order valence-electron chi connectivity index (χ4n) is 2.37. The summed E-state index contributed by atoms with van der Waals surface area (Å²) in [5.41, 5.74) is -0.611. The third-order valence-electron chi connectivity index (χ3n) is 4.07. The molecule has 0 spiro atoms. The Balaban J connectivity index is 2.70. The van der Waals surface area contributed by atoms with E-state index >= 15 is 0 Å². The van der Waals surface area contributed by atoms with Crippen LogP contribution in [0.5, 0.6) is 0 Å². The van der Waals surface area contributed by atoms with Crippen LogP contribution in [0.4, 0.5) is 0 Å². The standard InChI is InChI=1S/C17H28O6/c1-6-13(18)21-9-16(4,5)15-22-10-17(7-2,11-23-15)8-12(3)14(19)20/h6,8,13,15,18H,1,7,9-11H2,2-5H3,(H,19,20). The molecule has 6 nitrogen and oxygen atoms in total. The predicted molar refractivity (Wildman–Crippen MR) is 85.7 cm³/mol. The van der Waals surface area contributed by atoms with Crippen LogP contribution in [0.2, 0.25) is 0 Å². The number of hydrogen-bond donors (Lipinski definition) is 2. The number of ether oxygens (including phenoxy) is 3. The highest BCUT2D eigenvalue weighted by Gasteiger charge is 2.41. The molecule has 2 N–H and O–H groups in total. The van der Waals surface area contributed by atoms with Gasteiger partial charge < -0.3 is 24.4 Å². The highest BCUT2D eigenvalue weighted by atomic mass is 16.7. The molecule has 0 amide bonds. The summed E-state index contributed by atoms with van der Waals surface area (Å²) in [6.07, 6.45) is 2.24. The molecule has 0 saturated carbocycles. The molecular formula is C17H28O6. The van der Waals surface area contributed by atoms with Crippen LogP contribution in [0.25, 0.3) is 0 Å². The first-order valence-electron chi connectivity index (χ1n) is 7.74. The number of aliphatic hydroxyl groups is 1. The summed E-state index contributed by atoms with van der Waals surface area (Å²) in [6, 6.07) is 0. The topological polar surface area (TPSA) is 85.2 Å². The van der Waals surface area contributed by atoms with Gasteiger partial charge in [0.2, 0.25) is 0 Å². The Morgan fingerprint density at radius 3 is 2.48 bits per heavy atom. The van der Waals surface area contributed by atoms with Gasteiger partial charge in [-0.15, -0.1) is 0 Å². The molecule has 1 atom stereocenters. The van der Waals surface area contributed by atoms with E-state index in [4.69, 9.17) is 19.3 Å². The number of hydrogen-bond acceptors (Lipinski definition) is 5. The van der Waals surface area contributed by atoms with Gasteiger partial charge in [0.25, 0.3) is 0 Å². The summed E-state index contributed by atoms with van der Waals surface area (Å²) >= 11 is 0. The van der Waals surface area contributed by atoms with Crippen LogP contribution in [0.3, 0.4) is 0 Å². The number of carbonyl (C=O) groups is 1. The number of rotatable bonds is 8. The first-order valence-corrected chi connectivity index (χ1v) is 7.74. The molecule has 0 bridgehead atoms. The van der Waals surface area contributed by atoms with E-state index in [1.807, 2.05) is 20.8 Å². The second-order valence-electron chi connectivity index (χ2n) is 6.73. The number of carboxylic acids is 1. The van der Waals surface area contributed by atoms with Gasteiger partial charge in [-0.05, 0) is 19.4 Å². The van der Waals surface area contributed by atoms with Crippen molar-refractivity contribution in [1.82, 2.24) is 0 Å². The predicted octanol–water partition coefficient (Wildman–Crippen LogP) is 2.33. The van der Waals surface area contributed by atoms with Gasteiger partial charge in [-0.2, -0.15) is 0 Å². The normalized spacial score (nSPS) is 27.5. The SMILES string of the molecule is C=CC(O)OCC(C)(C)C1OCC(C=C(C)C(=O)O)(CC)CO1. The lowest BCUT2D eigenvalue weighted by Crippen LogP contribution is -2.48. The van der Waals surface area contributed by atoms with E-state index in [9.17, 15) is 9.90 Å². The monoisotopic (exact) mass is 328 g/mol. The van der Waals surface area contributed by atoms with Crippen molar-refractivity contribution in [2.75, 3.05) is 19.8 Å². The van der Waals surface area contributed by atoms with Crippen LogP contribution in [0.15, 0.2) is 24.3 Å². The lowest BCUT2D eigenvalue weighted by Gasteiger charge is -2.43. The van der Waals surface area contributed by atoms with E-state index in [0.717, 1.165) is 6.42 Å². The average molecular weight is 328 g/mol. The molecule has 1 aliphatic heterocycles. The van der Waals surface area contributed by atoms with Crippen LogP contribution in [0.1, 0.15) is 34.1 Å². The van der Waals surface area contributed by atoms with Gasteiger partial charge in [-0.1, -0.05) is 33.4 Å². The zero-order valence-corrected chi connectivity index (χ0v) is 14.4. The molecule has 132 valence electrons. The van der Waals surface area contributed by atoms with E-state index in [0.29, 0.717) is 13.2 Å². The van der Waals surface area contributed by atoms with Crippen molar-refractivity contribution < 1.29 is 29.2 Å². The van der Waals surface area contributed by atoms with Gasteiger partial charge in [-0.3, -0.25) is 0 Å². The largest absolute Gasteiger partial charge is 0.478 e. The fraction of sp³-hybridized carbons (Fsp3) is 0.706. The zero-order chi connectivity index (χ0) is 17.7. The Morgan fingerprint density at radius 2 is 2.04 bits per heavy atom. The fourth-order valence-corrected chi connectivity index (χ4v) is 2.37. The minimum absolute atomic E-state index is 0.244. The summed E-state index contributed by atoms with van der Waals surface area (Å²) in [5, 5.41) is 18.5. The molecule has 0 aromatic rings. The number of aliphatic carboxylic acids is 1. The van der Waals surface area contributed by atoms with Gasteiger partial charge >= 0.3 is 5.97 Å². The molecule has 1 fully saturated rings. The summed E-state index contributed by atoms with van der Waals surface area (Å²) in [6.45, 7) is 11.9. The molecule has 0 radical (unpaired) electrons. The van der Waals surface area contributed by atoms with E-state index in [1.54, 1.807) is 13.0 Å². The van der Waals surface area contributed by atoms with Crippen molar-refractivity contribution in [3.63, 3.8) is 0 Å². The number of carboxylic acid groups (broad SMARTS) is 1. The Morgan fingerprint density at radius 1 is 1.48 bits per heavy atom. The average Bonchev–Trinajstić information content (AvgIpc) is 2.52. The molecule has 0 aromatic heterocycles. The minimum Gasteiger partial charge on any atom is -0.478 e. The van der Waals surface area contributed by atoms with Crippen LogP contribution >= 0.6 is 0 Å². The van der Waals surface area contributed by atoms with E-state index in [2.05, 4.69) is 6.58 Å². The van der Waals surface area contributed by atoms with Gasteiger partial charge in [-0.25, -0.2) is 4.79 Å². The van der Waals surface area contributed by atoms with Crippen molar-refractivity contribution in [3.05, 3.63) is 24.3 Å². The quantitative estimate of drug-likeness (QED) is 0.404. The maximum absolute atomic E-state index is 11.0. The summed E-state index contributed by atoms with van der Waals surface area (Å²) in [5.74, 6) is -0.938. The van der Waals surface area contributed by atoms with Crippen molar-refractivity contribution >= 4 is 5.97 Å². The molecule has 1 aliphatic rings. The highest BCUT2D eigenvalue weighted by molar-refractivity contribution is 5.85. The first kappa shape index (κ1) is 19.8. The molecule has 1 unspecified atom stereocenters. The molecule has 0 aliphatic carbocycles. The first-order chi connectivity index (χ1) is 10.7. The highest BCUT2D eigenvalue weighted by Crippen LogP contribution is 2.36. The second-order valence-corrected chi connectivity index (χ2v) is 6.73. The Bertz CT molecular complexity index is 446. The molecule has 23 heavy (non-hydrogen) atoms. The van der Waals surface area contributed by atoms with Crippen molar-refractivity contribution in [1.29, 1.82) is 0 Å². The number of aliphatic hydroxyl groups excluding tert-OH is 1. The van der Waals surface area contributed by atoms with E-state index in [-0.39, 0.29) is 12.2 Å². The summed E-state index contributed by atoms with van der Waals surface area (Å²) in [7, 11) is 0. The smallest absolute Gasteiger partial charge is 0.330 e. The van der Waals surface area contributed by atoms with Crippen molar-refractivity contribution in [2.45, 2.75) is 46.7 Å². The molecule has 0 aromatic carbocycles. The van der Waals surface area contributed by atoms with Crippen LogP contribution in [-0.4, -0.2) is 48.6 Å². The van der Waals surface area contributed by atoms with Crippen LogP contribution < -0.4 is 0 Å². The second kappa shape index (κ2) is 8.06. The van der Waals surface area contributed by atoms with E-state index < -0.39 is 29.4 Å². The van der Waals surface area contributed by atoms with Gasteiger partial charge in [0.1, 0.15) is 0 Å². The van der Waals surface area contributed by atoms with Gasteiger partial charge in [0.15, 0.2) is 12.6 Å². The van der Waals surface area contributed by atoms with Crippen LogP contribution in [0, 0.1) is 10.8 Å². The van der Waals surface area contributed by atoms with Crippen molar-refractivity contribution in [3.8, 4) is 0 Å². The lowest BCUT2D eigenvalue weighted by molar-refractivity contribution is -0.273. The summed E-state index contributed by atoms with van der Waals surface area (Å²) < 4.78 is 17.0. The zero-order valence-electron chi connectivity index (χ0n) is 14.4. The maximum atomic E-state index is 11.0. The lowest BCUT2D eigenvalue weighted by atomic mass is 9.83. The van der Waals surface area contributed by atoms with E-state index in [1.165, 1.54) is 6.08 Å². The Hall–Kier alpha value is -1.21. The molecule has 1 saturated heterocycles. The summed E-state index contributed by atoms with van der Waals surface area (Å²) in [4.78, 5) is 11.0. The molecular weight excluding hydrogens is 300 g/mol. The Labute approximate surface area is 137 Å². The molecule has 6 heteroatoms. The third-order valence-corrected chi connectivity index (χ3v) is 4.07. The van der Waals surface area contributed by atoms with Crippen molar-refractivity contribution in [2.24, 2.45) is 10.8 Å². The maximum Gasteiger partial charge on any atom is 0.330 e. The molecule has 1 rings (SSSR count). The molecule has 1 heterocycles. The van der Waals surface area contributed by atoms with Gasteiger partial charge in [0.05, 0.1) is 19.8 Å².